The first-order valence-corrected chi connectivity index (χ1v) is 9.45. The first-order chi connectivity index (χ1) is 11.7. The maximum atomic E-state index is 5.59. The molecule has 2 N–H and O–H groups in total. The fourth-order valence-corrected chi connectivity index (χ4v) is 3.78. The van der Waals surface area contributed by atoms with Crippen LogP contribution in [0.25, 0.3) is 0 Å². The van der Waals surface area contributed by atoms with E-state index in [4.69, 9.17) is 4.74 Å². The van der Waals surface area contributed by atoms with Crippen molar-refractivity contribution in [1.82, 2.24) is 14.7 Å². The zero-order valence-corrected chi connectivity index (χ0v) is 15.2. The molecule has 1 aromatic heterocycles. The lowest BCUT2D eigenvalue weighted by molar-refractivity contribution is 0.0389. The fraction of sp³-hybridized carbons (Fsp3) is 0.556. The van der Waals surface area contributed by atoms with Crippen LogP contribution in [0.5, 0.6) is 0 Å². The summed E-state index contributed by atoms with van der Waals surface area (Å²) in [6, 6.07) is 10.9. The van der Waals surface area contributed by atoms with E-state index >= 15 is 0 Å². The summed E-state index contributed by atoms with van der Waals surface area (Å²) in [7, 11) is 0. The number of ether oxygens (including phenoxy) is 1. The number of aryl methyl sites for hydroxylation is 1. The highest BCUT2D eigenvalue weighted by atomic mass is 32.1. The molecule has 0 spiro atoms. The average molecular weight is 347 g/mol. The molecule has 0 bridgehead atoms. The number of aromatic nitrogens is 2. The van der Waals surface area contributed by atoms with E-state index in [2.05, 4.69) is 64.2 Å². The van der Waals surface area contributed by atoms with Crippen molar-refractivity contribution in [1.29, 1.82) is 0 Å². The predicted octanol–water partition coefficient (Wildman–Crippen LogP) is 3.41. The molecule has 1 aliphatic heterocycles. The Morgan fingerprint density at radius 1 is 1.25 bits per heavy atom. The van der Waals surface area contributed by atoms with Gasteiger partial charge in [0.1, 0.15) is 5.82 Å². The van der Waals surface area contributed by atoms with Gasteiger partial charge < -0.3 is 15.4 Å². The maximum absolute atomic E-state index is 5.59. The van der Waals surface area contributed by atoms with E-state index in [9.17, 15) is 0 Å². The maximum Gasteiger partial charge on any atom is 0.202 e. The number of hydrogen-bond donors (Lipinski definition) is 2. The normalized spacial score (nSPS) is 18.2. The van der Waals surface area contributed by atoms with Crippen molar-refractivity contribution in [2.75, 3.05) is 25.1 Å². The lowest BCUT2D eigenvalue weighted by Gasteiger charge is -2.40. The van der Waals surface area contributed by atoms with Crippen LogP contribution in [0.2, 0.25) is 0 Å². The second-order valence-corrected chi connectivity index (χ2v) is 7.14. The minimum atomic E-state index is 0.0194. The fourth-order valence-electron chi connectivity index (χ4n) is 3.13. The van der Waals surface area contributed by atoms with Crippen LogP contribution >= 0.6 is 11.5 Å². The lowest BCUT2D eigenvalue weighted by atomic mass is 9.88. The van der Waals surface area contributed by atoms with E-state index in [1.807, 2.05) is 0 Å². The van der Waals surface area contributed by atoms with E-state index in [1.165, 1.54) is 17.1 Å². The minimum Gasteiger partial charge on any atom is -0.381 e. The van der Waals surface area contributed by atoms with E-state index in [-0.39, 0.29) is 5.54 Å². The Balaban J connectivity index is 1.67. The molecule has 3 rings (SSSR count). The van der Waals surface area contributed by atoms with Gasteiger partial charge in [0.2, 0.25) is 5.13 Å². The van der Waals surface area contributed by atoms with Gasteiger partial charge in [0.05, 0.1) is 0 Å². The zero-order chi connectivity index (χ0) is 16.8. The van der Waals surface area contributed by atoms with Gasteiger partial charge in [0.15, 0.2) is 0 Å². The lowest BCUT2D eigenvalue weighted by Crippen LogP contribution is -2.54. The summed E-state index contributed by atoms with van der Waals surface area (Å²) in [5, 5.41) is 8.26. The van der Waals surface area contributed by atoms with E-state index in [0.29, 0.717) is 6.04 Å². The van der Waals surface area contributed by atoms with Crippen LogP contribution in [0.1, 0.15) is 44.1 Å². The molecule has 2 aromatic rings. The molecule has 130 valence electrons. The van der Waals surface area contributed by atoms with Gasteiger partial charge >= 0.3 is 0 Å². The summed E-state index contributed by atoms with van der Waals surface area (Å²) in [6.45, 7) is 6.74. The van der Waals surface area contributed by atoms with Gasteiger partial charge in [-0.25, -0.2) is 4.98 Å². The molecule has 1 fully saturated rings. The minimum absolute atomic E-state index is 0.0194. The highest BCUT2D eigenvalue weighted by Crippen LogP contribution is 2.26. The number of benzene rings is 1. The molecule has 5 nitrogen and oxygen atoms in total. The van der Waals surface area contributed by atoms with Gasteiger partial charge in [-0.3, -0.25) is 0 Å². The van der Waals surface area contributed by atoms with Crippen molar-refractivity contribution >= 4 is 16.7 Å². The van der Waals surface area contributed by atoms with Crippen molar-refractivity contribution in [3.63, 3.8) is 0 Å². The molecule has 0 radical (unpaired) electrons. The Morgan fingerprint density at radius 2 is 2.00 bits per heavy atom. The Kier molecular flexibility index (Phi) is 5.81. The van der Waals surface area contributed by atoms with E-state index in [1.54, 1.807) is 0 Å². The van der Waals surface area contributed by atoms with Crippen molar-refractivity contribution < 1.29 is 4.74 Å². The predicted molar refractivity (Wildman–Crippen MR) is 98.6 cm³/mol. The molecule has 2 heterocycles. The molecular weight excluding hydrogens is 320 g/mol. The van der Waals surface area contributed by atoms with Crippen molar-refractivity contribution in [2.45, 2.75) is 44.7 Å². The summed E-state index contributed by atoms with van der Waals surface area (Å²) in [5.41, 5.74) is 1.33. The molecule has 0 unspecified atom stereocenters. The monoisotopic (exact) mass is 346 g/mol. The third-order valence-electron chi connectivity index (χ3n) is 4.63. The summed E-state index contributed by atoms with van der Waals surface area (Å²) in [4.78, 5) is 4.52. The van der Waals surface area contributed by atoms with E-state index in [0.717, 1.165) is 50.0 Å². The Labute approximate surface area is 148 Å². The summed E-state index contributed by atoms with van der Waals surface area (Å²) >= 11 is 1.45. The van der Waals surface area contributed by atoms with E-state index < -0.39 is 0 Å². The number of nitrogens with zero attached hydrogens (tertiary/aromatic N) is 2. The third-order valence-corrected chi connectivity index (χ3v) is 5.35. The van der Waals surface area contributed by atoms with Gasteiger partial charge in [0.25, 0.3) is 0 Å². The number of nitrogens with one attached hydrogen (secondary N) is 2. The van der Waals surface area contributed by atoms with Crippen LogP contribution in [0, 0.1) is 0 Å². The molecule has 0 amide bonds. The number of anilines is 1. The number of rotatable bonds is 7. The molecule has 0 saturated carbocycles. The Morgan fingerprint density at radius 3 is 2.67 bits per heavy atom. The van der Waals surface area contributed by atoms with Crippen molar-refractivity contribution in [3.8, 4) is 0 Å². The molecule has 1 atom stereocenters. The summed E-state index contributed by atoms with van der Waals surface area (Å²) in [5.74, 6) is 0.911. The molecule has 1 saturated heterocycles. The smallest absolute Gasteiger partial charge is 0.202 e. The van der Waals surface area contributed by atoms with Crippen molar-refractivity contribution in [2.24, 2.45) is 0 Å². The molecular formula is C18H26N4OS. The van der Waals surface area contributed by atoms with Crippen LogP contribution in [0.4, 0.5) is 5.13 Å². The van der Waals surface area contributed by atoms with Gasteiger partial charge in [0, 0.05) is 49.3 Å². The van der Waals surface area contributed by atoms with Gasteiger partial charge in [-0.05, 0) is 25.3 Å². The molecule has 0 aliphatic carbocycles. The molecule has 1 aromatic carbocycles. The van der Waals surface area contributed by atoms with Crippen LogP contribution < -0.4 is 10.6 Å². The third kappa shape index (κ3) is 4.32. The Hall–Kier alpha value is -1.50. The van der Waals surface area contributed by atoms with Crippen LogP contribution in [-0.4, -0.2) is 34.7 Å². The van der Waals surface area contributed by atoms with Crippen LogP contribution in [0.15, 0.2) is 30.3 Å². The summed E-state index contributed by atoms with van der Waals surface area (Å²) in [6.07, 6.45) is 2.87. The standard InChI is InChI=1S/C18H26N4OS/c1-3-16-20-17(24-22-16)19-13-18(9-11-23-12-10-18)21-14(2)15-7-5-4-6-8-15/h4-8,14,21H,3,9-13H2,1-2H3,(H,19,20,22)/t14-/m1/s1. The second-order valence-electron chi connectivity index (χ2n) is 6.39. The SMILES string of the molecule is CCc1nsc(NCC2(N[C@H](C)c3ccccc3)CCOCC2)n1. The largest absolute Gasteiger partial charge is 0.381 e. The number of hydrogen-bond acceptors (Lipinski definition) is 6. The second kappa shape index (κ2) is 8.05. The molecule has 1 aliphatic rings. The molecule has 6 heteroatoms. The Bertz CT molecular complexity index is 625. The first-order valence-electron chi connectivity index (χ1n) is 8.68. The highest BCUT2D eigenvalue weighted by Gasteiger charge is 2.34. The van der Waals surface area contributed by atoms with Gasteiger partial charge in [-0.15, -0.1) is 0 Å². The highest BCUT2D eigenvalue weighted by molar-refractivity contribution is 7.09. The first kappa shape index (κ1) is 17.3. The topological polar surface area (TPSA) is 59.1 Å². The average Bonchev–Trinajstić information content (AvgIpc) is 3.10. The zero-order valence-electron chi connectivity index (χ0n) is 14.4. The van der Waals surface area contributed by atoms with Crippen LogP contribution in [-0.2, 0) is 11.2 Å². The van der Waals surface area contributed by atoms with Crippen molar-refractivity contribution in [3.05, 3.63) is 41.7 Å². The quantitative estimate of drug-likeness (QED) is 0.804. The van der Waals surface area contributed by atoms with Gasteiger partial charge in [-0.1, -0.05) is 37.3 Å². The summed E-state index contributed by atoms with van der Waals surface area (Å²) < 4.78 is 9.95. The van der Waals surface area contributed by atoms with Crippen LogP contribution in [0.3, 0.4) is 0 Å². The van der Waals surface area contributed by atoms with Gasteiger partial charge in [-0.2, -0.15) is 4.37 Å². The molecule has 24 heavy (non-hydrogen) atoms.